The molecular weight excluding hydrogens is 276 g/mol. The summed E-state index contributed by atoms with van der Waals surface area (Å²) in [4.78, 5) is 15.4. The van der Waals surface area contributed by atoms with Gasteiger partial charge < -0.3 is 4.74 Å². The van der Waals surface area contributed by atoms with E-state index in [-0.39, 0.29) is 0 Å². The highest BCUT2D eigenvalue weighted by atomic mass is 16.5. The minimum absolute atomic E-state index is 0.459. The highest BCUT2D eigenvalue weighted by molar-refractivity contribution is 5.08. The van der Waals surface area contributed by atoms with Crippen molar-refractivity contribution in [2.45, 2.75) is 19.9 Å². The zero-order valence-corrected chi connectivity index (χ0v) is 13.0. The molecule has 5 heteroatoms. The lowest BCUT2D eigenvalue weighted by Gasteiger charge is -2.22. The maximum atomic E-state index is 5.77. The lowest BCUT2D eigenvalue weighted by Crippen LogP contribution is -2.31. The van der Waals surface area contributed by atoms with Gasteiger partial charge in [-0.2, -0.15) is 0 Å². The van der Waals surface area contributed by atoms with Crippen LogP contribution in [0.2, 0.25) is 0 Å². The summed E-state index contributed by atoms with van der Waals surface area (Å²) in [6.45, 7) is 6.43. The quantitative estimate of drug-likeness (QED) is 0.862. The minimum atomic E-state index is 0.459. The summed E-state index contributed by atoms with van der Waals surface area (Å²) < 4.78 is 5.77. The van der Waals surface area contributed by atoms with E-state index >= 15 is 0 Å². The summed E-state index contributed by atoms with van der Waals surface area (Å²) in [6, 6.07) is 8.13. The maximum absolute atomic E-state index is 5.77. The number of ether oxygens (including phenoxy) is 1. The standard InChI is InChI=1S/C17H22N4O/c1-14-8-17(20-13-19-14)9-15-10-21(6-7-22-12-15)11-16-4-2-3-5-18-16/h2-5,8,13,15H,6-7,9-12H2,1H3. The van der Waals surface area contributed by atoms with E-state index in [0.29, 0.717) is 5.92 Å². The van der Waals surface area contributed by atoms with E-state index in [1.165, 1.54) is 0 Å². The monoisotopic (exact) mass is 298 g/mol. The van der Waals surface area contributed by atoms with E-state index in [2.05, 4.69) is 32.0 Å². The number of aromatic nitrogens is 3. The second kappa shape index (κ2) is 7.42. The van der Waals surface area contributed by atoms with Crippen molar-refractivity contribution in [1.82, 2.24) is 19.9 Å². The van der Waals surface area contributed by atoms with E-state index < -0.39 is 0 Å². The van der Waals surface area contributed by atoms with Gasteiger partial charge in [-0.15, -0.1) is 0 Å². The van der Waals surface area contributed by atoms with E-state index in [0.717, 1.165) is 56.4 Å². The molecule has 5 nitrogen and oxygen atoms in total. The maximum Gasteiger partial charge on any atom is 0.115 e. The Morgan fingerprint density at radius 1 is 1.23 bits per heavy atom. The van der Waals surface area contributed by atoms with Crippen molar-refractivity contribution in [3.05, 3.63) is 53.9 Å². The van der Waals surface area contributed by atoms with Crippen molar-refractivity contribution in [3.63, 3.8) is 0 Å². The zero-order chi connectivity index (χ0) is 15.2. The SMILES string of the molecule is Cc1cc(CC2COCCN(Cc3ccccn3)C2)ncn1. The summed E-state index contributed by atoms with van der Waals surface area (Å²) in [6.07, 6.45) is 4.43. The molecule has 0 saturated carbocycles. The van der Waals surface area contributed by atoms with Crippen LogP contribution < -0.4 is 0 Å². The molecule has 0 amide bonds. The van der Waals surface area contributed by atoms with Crippen LogP contribution in [-0.4, -0.2) is 46.2 Å². The Morgan fingerprint density at radius 3 is 3.00 bits per heavy atom. The normalized spacial score (nSPS) is 19.8. The van der Waals surface area contributed by atoms with Crippen LogP contribution in [0, 0.1) is 12.8 Å². The van der Waals surface area contributed by atoms with Gasteiger partial charge in [-0.3, -0.25) is 9.88 Å². The van der Waals surface area contributed by atoms with Crippen LogP contribution in [0.4, 0.5) is 0 Å². The third kappa shape index (κ3) is 4.32. The number of rotatable bonds is 4. The molecular formula is C17H22N4O. The summed E-state index contributed by atoms with van der Waals surface area (Å²) in [5, 5.41) is 0. The number of hydrogen-bond acceptors (Lipinski definition) is 5. The molecule has 1 saturated heterocycles. The first kappa shape index (κ1) is 15.1. The zero-order valence-electron chi connectivity index (χ0n) is 13.0. The van der Waals surface area contributed by atoms with E-state index in [1.807, 2.05) is 25.3 Å². The fourth-order valence-electron chi connectivity index (χ4n) is 2.86. The Bertz CT molecular complexity index is 590. The molecule has 1 aliphatic rings. The second-order valence-electron chi connectivity index (χ2n) is 5.85. The summed E-state index contributed by atoms with van der Waals surface area (Å²) in [5.41, 5.74) is 3.23. The Balaban J connectivity index is 1.62. The average Bonchev–Trinajstić information content (AvgIpc) is 2.73. The summed E-state index contributed by atoms with van der Waals surface area (Å²) >= 11 is 0. The molecule has 1 atom stereocenters. The Kier molecular flexibility index (Phi) is 5.08. The van der Waals surface area contributed by atoms with Crippen molar-refractivity contribution < 1.29 is 4.74 Å². The van der Waals surface area contributed by atoms with Gasteiger partial charge in [0.2, 0.25) is 0 Å². The number of nitrogens with zero attached hydrogens (tertiary/aromatic N) is 4. The van der Waals surface area contributed by atoms with Gasteiger partial charge in [0.05, 0.1) is 18.9 Å². The predicted molar refractivity (Wildman–Crippen MR) is 84.3 cm³/mol. The molecule has 1 unspecified atom stereocenters. The van der Waals surface area contributed by atoms with Crippen molar-refractivity contribution in [3.8, 4) is 0 Å². The molecule has 0 bridgehead atoms. The molecule has 3 heterocycles. The van der Waals surface area contributed by atoms with E-state index in [1.54, 1.807) is 6.33 Å². The Labute approximate surface area is 131 Å². The largest absolute Gasteiger partial charge is 0.380 e. The molecule has 3 rings (SSSR count). The third-order valence-corrected chi connectivity index (χ3v) is 3.89. The lowest BCUT2D eigenvalue weighted by atomic mass is 10.0. The van der Waals surface area contributed by atoms with Crippen molar-refractivity contribution in [1.29, 1.82) is 0 Å². The summed E-state index contributed by atoms with van der Waals surface area (Å²) in [7, 11) is 0. The van der Waals surface area contributed by atoms with Gasteiger partial charge in [-0.25, -0.2) is 9.97 Å². The van der Waals surface area contributed by atoms with E-state index in [4.69, 9.17) is 4.74 Å². The van der Waals surface area contributed by atoms with Crippen molar-refractivity contribution in [2.24, 2.45) is 5.92 Å². The minimum Gasteiger partial charge on any atom is -0.380 e. The van der Waals surface area contributed by atoms with Crippen LogP contribution in [0.1, 0.15) is 17.1 Å². The number of hydrogen-bond donors (Lipinski definition) is 0. The molecule has 22 heavy (non-hydrogen) atoms. The number of pyridine rings is 1. The van der Waals surface area contributed by atoms with Gasteiger partial charge in [0.25, 0.3) is 0 Å². The third-order valence-electron chi connectivity index (χ3n) is 3.89. The second-order valence-corrected chi connectivity index (χ2v) is 5.85. The van der Waals surface area contributed by atoms with Gasteiger partial charge in [0.1, 0.15) is 6.33 Å². The lowest BCUT2D eigenvalue weighted by molar-refractivity contribution is 0.121. The molecule has 0 spiro atoms. The molecule has 116 valence electrons. The first-order valence-corrected chi connectivity index (χ1v) is 7.77. The highest BCUT2D eigenvalue weighted by Crippen LogP contribution is 2.14. The first-order chi connectivity index (χ1) is 10.8. The molecule has 2 aromatic rings. The van der Waals surface area contributed by atoms with Crippen molar-refractivity contribution >= 4 is 0 Å². The number of aryl methyl sites for hydroxylation is 1. The van der Waals surface area contributed by atoms with E-state index in [9.17, 15) is 0 Å². The molecule has 2 aromatic heterocycles. The molecule has 0 aromatic carbocycles. The summed E-state index contributed by atoms with van der Waals surface area (Å²) in [5.74, 6) is 0.459. The first-order valence-electron chi connectivity index (χ1n) is 7.77. The fourth-order valence-corrected chi connectivity index (χ4v) is 2.86. The molecule has 0 aliphatic carbocycles. The van der Waals surface area contributed by atoms with Crippen LogP contribution >= 0.6 is 0 Å². The Morgan fingerprint density at radius 2 is 2.18 bits per heavy atom. The van der Waals surface area contributed by atoms with Crippen LogP contribution in [0.25, 0.3) is 0 Å². The predicted octanol–water partition coefficient (Wildman–Crippen LogP) is 1.87. The molecule has 0 radical (unpaired) electrons. The highest BCUT2D eigenvalue weighted by Gasteiger charge is 2.20. The molecule has 1 aliphatic heterocycles. The Hall–Kier alpha value is -1.85. The molecule has 0 N–H and O–H groups in total. The van der Waals surface area contributed by atoms with Crippen LogP contribution in [-0.2, 0) is 17.7 Å². The van der Waals surface area contributed by atoms with Crippen LogP contribution in [0.5, 0.6) is 0 Å². The van der Waals surface area contributed by atoms with Gasteiger partial charge in [-0.05, 0) is 31.5 Å². The van der Waals surface area contributed by atoms with Crippen LogP contribution in [0.15, 0.2) is 36.8 Å². The fraction of sp³-hybridized carbons (Fsp3) is 0.471. The topological polar surface area (TPSA) is 51.1 Å². The van der Waals surface area contributed by atoms with Gasteiger partial charge in [-0.1, -0.05) is 6.07 Å². The smallest absolute Gasteiger partial charge is 0.115 e. The molecule has 1 fully saturated rings. The average molecular weight is 298 g/mol. The van der Waals surface area contributed by atoms with Gasteiger partial charge >= 0.3 is 0 Å². The van der Waals surface area contributed by atoms with Gasteiger partial charge in [0, 0.05) is 43.1 Å². The van der Waals surface area contributed by atoms with Crippen molar-refractivity contribution in [2.75, 3.05) is 26.3 Å². The van der Waals surface area contributed by atoms with Gasteiger partial charge in [0.15, 0.2) is 0 Å². The van der Waals surface area contributed by atoms with Crippen LogP contribution in [0.3, 0.4) is 0 Å².